The zero-order valence-electron chi connectivity index (χ0n) is 10.8. The topological polar surface area (TPSA) is 71.3 Å². The Labute approximate surface area is 124 Å². The number of aryl methyl sites for hydroxylation is 1. The Hall–Kier alpha value is -2.08. The maximum atomic E-state index is 12.0. The molecule has 1 aromatic carbocycles. The number of para-hydroxylation sites is 1. The summed E-state index contributed by atoms with van der Waals surface area (Å²) in [4.78, 5) is 22.8. The number of benzene rings is 1. The van der Waals surface area contributed by atoms with Gasteiger partial charge < -0.3 is 15.0 Å². The number of anilines is 1. The van der Waals surface area contributed by atoms with Gasteiger partial charge >= 0.3 is 5.97 Å². The molecule has 104 valence electrons. The van der Waals surface area contributed by atoms with Crippen molar-refractivity contribution in [1.29, 1.82) is 0 Å². The first-order valence-electron chi connectivity index (χ1n) is 5.92. The van der Waals surface area contributed by atoms with Crippen LogP contribution in [0.1, 0.15) is 15.9 Å². The number of hydrogen-bond acceptors (Lipinski definition) is 2. The molecule has 0 radical (unpaired) electrons. The number of aromatic nitrogens is 1. The van der Waals surface area contributed by atoms with E-state index in [0.29, 0.717) is 4.60 Å². The van der Waals surface area contributed by atoms with Gasteiger partial charge in [-0.2, -0.15) is 0 Å². The number of nitrogens with zero attached hydrogens (tertiary/aromatic N) is 1. The minimum Gasteiger partial charge on any atom is -0.478 e. The fraction of sp³-hybridized carbons (Fsp3) is 0.143. The number of carboxylic acid groups (broad SMARTS) is 1. The van der Waals surface area contributed by atoms with E-state index in [1.54, 1.807) is 0 Å². The van der Waals surface area contributed by atoms with Crippen molar-refractivity contribution in [2.75, 3.05) is 5.32 Å². The highest BCUT2D eigenvalue weighted by atomic mass is 79.9. The van der Waals surface area contributed by atoms with Crippen LogP contribution in [0.15, 0.2) is 41.1 Å². The predicted octanol–water partition coefficient (Wildman–Crippen LogP) is 2.90. The largest absolute Gasteiger partial charge is 0.478 e. The molecule has 0 saturated heterocycles. The van der Waals surface area contributed by atoms with Gasteiger partial charge in [0.2, 0.25) is 5.91 Å². The van der Waals surface area contributed by atoms with Gasteiger partial charge in [-0.3, -0.25) is 4.79 Å². The molecule has 1 heterocycles. The maximum absolute atomic E-state index is 12.0. The lowest BCUT2D eigenvalue weighted by atomic mass is 10.2. The van der Waals surface area contributed by atoms with Crippen molar-refractivity contribution < 1.29 is 14.7 Å². The van der Waals surface area contributed by atoms with Crippen molar-refractivity contribution in [3.05, 3.63) is 52.3 Å². The Kier molecular flexibility index (Phi) is 4.24. The summed E-state index contributed by atoms with van der Waals surface area (Å²) < 4.78 is 2.09. The van der Waals surface area contributed by atoms with Crippen LogP contribution < -0.4 is 5.32 Å². The molecular formula is C14H13BrN2O3. The van der Waals surface area contributed by atoms with Crippen molar-refractivity contribution in [1.82, 2.24) is 4.57 Å². The summed E-state index contributed by atoms with van der Waals surface area (Å²) in [6.07, 6.45) is 1.42. The number of halogens is 1. The second-order valence-electron chi connectivity index (χ2n) is 4.35. The highest BCUT2D eigenvalue weighted by Gasteiger charge is 2.12. The summed E-state index contributed by atoms with van der Waals surface area (Å²) in [5.41, 5.74) is 1.86. The Morgan fingerprint density at radius 3 is 2.65 bits per heavy atom. The lowest BCUT2D eigenvalue weighted by molar-refractivity contribution is -0.116. The number of carbonyl (C=O) groups is 2. The molecule has 0 aliphatic carbocycles. The van der Waals surface area contributed by atoms with E-state index in [4.69, 9.17) is 5.11 Å². The molecule has 0 saturated carbocycles. The van der Waals surface area contributed by atoms with Crippen molar-refractivity contribution in [3.8, 4) is 0 Å². The monoisotopic (exact) mass is 336 g/mol. The Bertz CT molecular complexity index is 664. The van der Waals surface area contributed by atoms with Crippen LogP contribution in [-0.2, 0) is 11.3 Å². The van der Waals surface area contributed by atoms with Gasteiger partial charge in [-0.15, -0.1) is 0 Å². The number of nitrogens with one attached hydrogen (secondary N) is 1. The standard InChI is InChI=1S/C14H13BrN2O3/c1-9-4-2-3-5-11(9)16-13(18)8-17-7-10(14(19)20)6-12(17)15/h2-7H,8H2,1H3,(H,16,18)(H,19,20). The van der Waals surface area contributed by atoms with E-state index in [-0.39, 0.29) is 18.0 Å². The number of carbonyl (C=O) groups excluding carboxylic acids is 1. The van der Waals surface area contributed by atoms with Crippen LogP contribution in [0.2, 0.25) is 0 Å². The quantitative estimate of drug-likeness (QED) is 0.901. The van der Waals surface area contributed by atoms with E-state index in [1.165, 1.54) is 16.8 Å². The second-order valence-corrected chi connectivity index (χ2v) is 5.16. The van der Waals surface area contributed by atoms with E-state index in [2.05, 4.69) is 21.2 Å². The lowest BCUT2D eigenvalue weighted by Gasteiger charge is -2.09. The molecule has 5 nitrogen and oxygen atoms in total. The molecule has 1 aromatic heterocycles. The number of amides is 1. The molecule has 2 N–H and O–H groups in total. The van der Waals surface area contributed by atoms with Gasteiger partial charge in [-0.25, -0.2) is 4.79 Å². The van der Waals surface area contributed by atoms with Crippen molar-refractivity contribution in [3.63, 3.8) is 0 Å². The van der Waals surface area contributed by atoms with Crippen molar-refractivity contribution in [2.45, 2.75) is 13.5 Å². The van der Waals surface area contributed by atoms with E-state index in [9.17, 15) is 9.59 Å². The molecular weight excluding hydrogens is 324 g/mol. The van der Waals surface area contributed by atoms with E-state index >= 15 is 0 Å². The normalized spacial score (nSPS) is 10.3. The minimum absolute atomic E-state index is 0.0438. The molecule has 0 aliphatic rings. The third-order valence-corrected chi connectivity index (χ3v) is 3.51. The number of hydrogen-bond donors (Lipinski definition) is 2. The van der Waals surface area contributed by atoms with Crippen LogP contribution in [0.5, 0.6) is 0 Å². The molecule has 0 aliphatic heterocycles. The molecule has 1 amide bonds. The molecule has 0 atom stereocenters. The zero-order valence-corrected chi connectivity index (χ0v) is 12.3. The van der Waals surface area contributed by atoms with Crippen molar-refractivity contribution >= 4 is 33.5 Å². The molecule has 0 unspecified atom stereocenters. The van der Waals surface area contributed by atoms with Crippen LogP contribution in [0.4, 0.5) is 5.69 Å². The van der Waals surface area contributed by atoms with Gasteiger partial charge in [0.1, 0.15) is 6.54 Å². The van der Waals surface area contributed by atoms with Crippen LogP contribution in [0.25, 0.3) is 0 Å². The smallest absolute Gasteiger partial charge is 0.337 e. The predicted molar refractivity (Wildman–Crippen MR) is 78.9 cm³/mol. The van der Waals surface area contributed by atoms with Gasteiger partial charge in [0.05, 0.1) is 10.2 Å². The number of carboxylic acids is 1. The first kappa shape index (κ1) is 14.3. The third-order valence-electron chi connectivity index (χ3n) is 2.82. The molecule has 0 bridgehead atoms. The summed E-state index contributed by atoms with van der Waals surface area (Å²) >= 11 is 3.23. The summed E-state index contributed by atoms with van der Waals surface area (Å²) in [5, 5.41) is 11.7. The molecule has 6 heteroatoms. The van der Waals surface area contributed by atoms with Gasteiger partial charge in [-0.05, 0) is 40.5 Å². The zero-order chi connectivity index (χ0) is 14.7. The lowest BCUT2D eigenvalue weighted by Crippen LogP contribution is -2.19. The fourth-order valence-corrected chi connectivity index (χ4v) is 2.25. The highest BCUT2D eigenvalue weighted by molar-refractivity contribution is 9.10. The summed E-state index contributed by atoms with van der Waals surface area (Å²) in [6.45, 7) is 1.95. The summed E-state index contributed by atoms with van der Waals surface area (Å²) in [6, 6.07) is 8.93. The van der Waals surface area contributed by atoms with Crippen LogP contribution in [0, 0.1) is 6.92 Å². The van der Waals surface area contributed by atoms with Gasteiger partial charge in [-0.1, -0.05) is 18.2 Å². The SMILES string of the molecule is Cc1ccccc1NC(=O)Cn1cc(C(=O)O)cc1Br. The van der Waals surface area contributed by atoms with Crippen molar-refractivity contribution in [2.24, 2.45) is 0 Å². The molecule has 0 spiro atoms. The first-order valence-corrected chi connectivity index (χ1v) is 6.71. The van der Waals surface area contributed by atoms with Crippen LogP contribution >= 0.6 is 15.9 Å². The van der Waals surface area contributed by atoms with Gasteiger partial charge in [0.25, 0.3) is 0 Å². The Morgan fingerprint density at radius 2 is 2.05 bits per heavy atom. The summed E-state index contributed by atoms with van der Waals surface area (Å²) in [5.74, 6) is -1.24. The van der Waals surface area contributed by atoms with Crippen LogP contribution in [0.3, 0.4) is 0 Å². The average Bonchev–Trinajstić information content (AvgIpc) is 2.74. The minimum atomic E-state index is -1.02. The van der Waals surface area contributed by atoms with E-state index in [0.717, 1.165) is 11.3 Å². The summed E-state index contributed by atoms with van der Waals surface area (Å²) in [7, 11) is 0. The van der Waals surface area contributed by atoms with Gasteiger partial charge in [0, 0.05) is 11.9 Å². The average molecular weight is 337 g/mol. The molecule has 20 heavy (non-hydrogen) atoms. The number of aromatic carboxylic acids is 1. The second kappa shape index (κ2) is 5.92. The van der Waals surface area contributed by atoms with E-state index < -0.39 is 5.97 Å². The first-order chi connectivity index (χ1) is 9.47. The van der Waals surface area contributed by atoms with E-state index in [1.807, 2.05) is 31.2 Å². The maximum Gasteiger partial charge on any atom is 0.337 e. The molecule has 2 rings (SSSR count). The third kappa shape index (κ3) is 3.27. The number of rotatable bonds is 4. The highest BCUT2D eigenvalue weighted by Crippen LogP contribution is 2.17. The molecule has 2 aromatic rings. The van der Waals surface area contributed by atoms with Crippen LogP contribution in [-0.4, -0.2) is 21.6 Å². The Balaban J connectivity index is 2.09. The Morgan fingerprint density at radius 1 is 1.35 bits per heavy atom. The fourth-order valence-electron chi connectivity index (χ4n) is 1.77. The molecule has 0 fully saturated rings. The van der Waals surface area contributed by atoms with Gasteiger partial charge in [0.15, 0.2) is 0 Å².